The molecule has 1 N–H and O–H groups in total. The van der Waals surface area contributed by atoms with E-state index >= 15 is 0 Å². The number of sulfone groups is 1. The highest BCUT2D eigenvalue weighted by atomic mass is 32.2. The molecule has 1 saturated carbocycles. The van der Waals surface area contributed by atoms with Gasteiger partial charge in [0.05, 0.1) is 29.4 Å². The van der Waals surface area contributed by atoms with Crippen LogP contribution in [0, 0.1) is 17.0 Å². The Labute approximate surface area is 191 Å². The SMILES string of the molecule is CS(=O)(=O)c1ccc(OCC2(CO)CC2)c(C(=O)N2CCN(c3ccc(F)cc3F)CC2)c1. The van der Waals surface area contributed by atoms with Crippen LogP contribution in [-0.2, 0) is 9.84 Å². The van der Waals surface area contributed by atoms with Gasteiger partial charge in [-0.25, -0.2) is 17.2 Å². The first kappa shape index (κ1) is 23.4. The highest BCUT2D eigenvalue weighted by Gasteiger charge is 2.43. The molecule has 0 bridgehead atoms. The summed E-state index contributed by atoms with van der Waals surface area (Å²) in [5.74, 6) is -1.44. The van der Waals surface area contributed by atoms with Gasteiger partial charge in [0.1, 0.15) is 17.4 Å². The fourth-order valence-electron chi connectivity index (χ4n) is 3.85. The molecule has 33 heavy (non-hydrogen) atoms. The maximum atomic E-state index is 14.1. The molecule has 0 atom stereocenters. The number of aliphatic hydroxyl groups excluding tert-OH is 1. The van der Waals surface area contributed by atoms with Crippen molar-refractivity contribution in [2.75, 3.05) is 50.5 Å². The van der Waals surface area contributed by atoms with Crippen molar-refractivity contribution in [1.82, 2.24) is 4.90 Å². The fourth-order valence-corrected chi connectivity index (χ4v) is 4.49. The summed E-state index contributed by atoms with van der Waals surface area (Å²) >= 11 is 0. The summed E-state index contributed by atoms with van der Waals surface area (Å²) in [5.41, 5.74) is 0.0964. The first-order valence-corrected chi connectivity index (χ1v) is 12.6. The normalized spacial score (nSPS) is 17.7. The van der Waals surface area contributed by atoms with Crippen LogP contribution >= 0.6 is 0 Å². The summed E-state index contributed by atoms with van der Waals surface area (Å²) in [6.45, 7) is 1.45. The molecule has 1 aliphatic carbocycles. The Kier molecular flexibility index (Phi) is 6.32. The number of amides is 1. The molecule has 0 spiro atoms. The van der Waals surface area contributed by atoms with Crippen LogP contribution in [0.3, 0.4) is 0 Å². The number of rotatable bonds is 7. The number of hydrogen-bond donors (Lipinski definition) is 1. The topological polar surface area (TPSA) is 87.2 Å². The molecule has 2 aromatic carbocycles. The molecule has 1 heterocycles. The molecule has 178 valence electrons. The average molecular weight is 481 g/mol. The van der Waals surface area contributed by atoms with Crippen molar-refractivity contribution in [3.8, 4) is 5.75 Å². The van der Waals surface area contributed by atoms with Crippen LogP contribution in [0.15, 0.2) is 41.3 Å². The quantitative estimate of drug-likeness (QED) is 0.655. The van der Waals surface area contributed by atoms with Gasteiger partial charge in [0.15, 0.2) is 9.84 Å². The van der Waals surface area contributed by atoms with Crippen LogP contribution in [0.5, 0.6) is 5.75 Å². The summed E-state index contributed by atoms with van der Waals surface area (Å²) in [6.07, 6.45) is 2.73. The number of nitrogens with zero attached hydrogens (tertiary/aromatic N) is 2. The molecule has 2 fully saturated rings. The number of carbonyl (C=O) groups is 1. The monoisotopic (exact) mass is 480 g/mol. The van der Waals surface area contributed by atoms with Crippen molar-refractivity contribution < 1.29 is 31.8 Å². The lowest BCUT2D eigenvalue weighted by Gasteiger charge is -2.36. The number of benzene rings is 2. The molecule has 7 nitrogen and oxygen atoms in total. The minimum absolute atomic E-state index is 0.00788. The number of ether oxygens (including phenoxy) is 1. The maximum absolute atomic E-state index is 14.1. The number of aliphatic hydroxyl groups is 1. The van der Waals surface area contributed by atoms with Crippen molar-refractivity contribution in [2.24, 2.45) is 5.41 Å². The van der Waals surface area contributed by atoms with Crippen molar-refractivity contribution >= 4 is 21.4 Å². The van der Waals surface area contributed by atoms with Crippen molar-refractivity contribution in [2.45, 2.75) is 17.7 Å². The van der Waals surface area contributed by atoms with Crippen molar-refractivity contribution in [3.05, 3.63) is 53.6 Å². The van der Waals surface area contributed by atoms with E-state index < -0.39 is 21.5 Å². The zero-order valence-electron chi connectivity index (χ0n) is 18.3. The van der Waals surface area contributed by atoms with Crippen molar-refractivity contribution in [1.29, 1.82) is 0 Å². The van der Waals surface area contributed by atoms with Crippen LogP contribution in [-0.4, -0.2) is 70.0 Å². The molecule has 10 heteroatoms. The number of hydrogen-bond acceptors (Lipinski definition) is 6. The van der Waals surface area contributed by atoms with E-state index in [1.807, 2.05) is 0 Å². The first-order valence-electron chi connectivity index (χ1n) is 10.7. The maximum Gasteiger partial charge on any atom is 0.257 e. The predicted octanol–water partition coefficient (Wildman–Crippen LogP) is 2.48. The lowest BCUT2D eigenvalue weighted by molar-refractivity contribution is 0.0738. The predicted molar refractivity (Wildman–Crippen MR) is 118 cm³/mol. The van der Waals surface area contributed by atoms with E-state index in [4.69, 9.17) is 4.74 Å². The number of anilines is 1. The Balaban J connectivity index is 1.52. The first-order chi connectivity index (χ1) is 15.6. The average Bonchev–Trinajstić information content (AvgIpc) is 3.57. The highest BCUT2D eigenvalue weighted by molar-refractivity contribution is 7.90. The molecule has 4 rings (SSSR count). The molecule has 0 unspecified atom stereocenters. The summed E-state index contributed by atoms with van der Waals surface area (Å²) < 4.78 is 57.3. The van der Waals surface area contributed by atoms with Gasteiger partial charge in [-0.15, -0.1) is 0 Å². The van der Waals surface area contributed by atoms with E-state index in [0.717, 1.165) is 25.2 Å². The van der Waals surface area contributed by atoms with E-state index in [2.05, 4.69) is 0 Å². The zero-order valence-corrected chi connectivity index (χ0v) is 19.1. The van der Waals surface area contributed by atoms with Crippen LogP contribution in [0.1, 0.15) is 23.2 Å². The van der Waals surface area contributed by atoms with Gasteiger partial charge in [0, 0.05) is 43.9 Å². The van der Waals surface area contributed by atoms with Crippen LogP contribution in [0.25, 0.3) is 0 Å². The smallest absolute Gasteiger partial charge is 0.257 e. The van der Waals surface area contributed by atoms with E-state index in [9.17, 15) is 27.1 Å². The summed E-state index contributed by atoms with van der Waals surface area (Å²) in [7, 11) is -3.54. The highest BCUT2D eigenvalue weighted by Crippen LogP contribution is 2.45. The van der Waals surface area contributed by atoms with Gasteiger partial charge in [0.2, 0.25) is 0 Å². The molecule has 0 radical (unpaired) electrons. The molecular weight excluding hydrogens is 454 g/mol. The van der Waals surface area contributed by atoms with Gasteiger partial charge in [0.25, 0.3) is 5.91 Å². The van der Waals surface area contributed by atoms with Gasteiger partial charge in [-0.1, -0.05) is 0 Å². The van der Waals surface area contributed by atoms with Gasteiger partial charge in [-0.3, -0.25) is 4.79 Å². The Morgan fingerprint density at radius 2 is 1.79 bits per heavy atom. The second kappa shape index (κ2) is 8.90. The number of piperazine rings is 1. The molecular formula is C23H26F2N2O5S. The molecule has 2 aromatic rings. The summed E-state index contributed by atoms with van der Waals surface area (Å²) in [5, 5.41) is 9.53. The minimum Gasteiger partial charge on any atom is -0.492 e. The Morgan fingerprint density at radius 1 is 1.09 bits per heavy atom. The Hall–Kier alpha value is -2.72. The van der Waals surface area contributed by atoms with Gasteiger partial charge in [-0.05, 0) is 43.2 Å². The number of carbonyl (C=O) groups excluding carboxylic acids is 1. The third-order valence-corrected chi connectivity index (χ3v) is 7.36. The van der Waals surface area contributed by atoms with E-state index in [-0.39, 0.29) is 59.5 Å². The van der Waals surface area contributed by atoms with Crippen LogP contribution in [0.2, 0.25) is 0 Å². The minimum atomic E-state index is -3.54. The largest absolute Gasteiger partial charge is 0.492 e. The molecule has 1 amide bonds. The second-order valence-electron chi connectivity index (χ2n) is 8.75. The zero-order chi connectivity index (χ0) is 23.8. The van der Waals surface area contributed by atoms with Crippen LogP contribution < -0.4 is 9.64 Å². The van der Waals surface area contributed by atoms with Crippen LogP contribution in [0.4, 0.5) is 14.5 Å². The molecule has 0 aromatic heterocycles. The fraction of sp³-hybridized carbons (Fsp3) is 0.435. The third kappa shape index (κ3) is 5.11. The second-order valence-corrected chi connectivity index (χ2v) is 10.8. The Bertz CT molecular complexity index is 1160. The van der Waals surface area contributed by atoms with Gasteiger partial charge >= 0.3 is 0 Å². The number of halogens is 2. The standard InChI is InChI=1S/C23H26F2N2O5S/c1-33(30,31)17-3-5-21(32-15-23(14-28)6-7-23)18(13-17)22(29)27-10-8-26(9-11-27)20-4-2-16(24)12-19(20)25/h2-5,12-13,28H,6-11,14-15H2,1H3. The van der Waals surface area contributed by atoms with E-state index in [1.54, 1.807) is 9.80 Å². The molecule has 1 saturated heterocycles. The Morgan fingerprint density at radius 3 is 2.36 bits per heavy atom. The van der Waals surface area contributed by atoms with Crippen molar-refractivity contribution in [3.63, 3.8) is 0 Å². The van der Waals surface area contributed by atoms with Gasteiger partial charge < -0.3 is 19.6 Å². The molecule has 2 aliphatic rings. The van der Waals surface area contributed by atoms with E-state index in [1.165, 1.54) is 30.3 Å². The lowest BCUT2D eigenvalue weighted by Crippen LogP contribution is -2.49. The lowest BCUT2D eigenvalue weighted by atomic mass is 10.1. The van der Waals surface area contributed by atoms with Gasteiger partial charge in [-0.2, -0.15) is 0 Å². The third-order valence-electron chi connectivity index (χ3n) is 6.25. The molecule has 1 aliphatic heterocycles. The summed E-state index contributed by atoms with van der Waals surface area (Å²) in [6, 6.07) is 7.58. The summed E-state index contributed by atoms with van der Waals surface area (Å²) in [4.78, 5) is 16.6. The van der Waals surface area contributed by atoms with E-state index in [0.29, 0.717) is 13.1 Å².